The first kappa shape index (κ1) is 18.8. The van der Waals surface area contributed by atoms with E-state index >= 15 is 0 Å². The van der Waals surface area contributed by atoms with E-state index in [4.69, 9.17) is 4.74 Å². The zero-order valence-electron chi connectivity index (χ0n) is 15.2. The first-order chi connectivity index (χ1) is 12.3. The van der Waals surface area contributed by atoms with Gasteiger partial charge in [-0.15, -0.1) is 0 Å². The molecule has 1 atom stereocenters. The van der Waals surface area contributed by atoms with E-state index in [2.05, 4.69) is 34.6 Å². The van der Waals surface area contributed by atoms with E-state index in [0.717, 1.165) is 44.2 Å². The van der Waals surface area contributed by atoms with Crippen molar-refractivity contribution < 1.29 is 4.74 Å². The van der Waals surface area contributed by atoms with Gasteiger partial charge in [0.05, 0.1) is 6.54 Å². The molecule has 25 heavy (non-hydrogen) atoms. The molecule has 2 N–H and O–H groups in total. The highest BCUT2D eigenvalue weighted by molar-refractivity contribution is 5.79. The van der Waals surface area contributed by atoms with Crippen LogP contribution in [0.1, 0.15) is 26.7 Å². The maximum absolute atomic E-state index is 5.99. The maximum atomic E-state index is 5.99. The number of guanidine groups is 1. The molecule has 0 amide bonds. The van der Waals surface area contributed by atoms with Crippen LogP contribution in [0.2, 0.25) is 0 Å². The van der Waals surface area contributed by atoms with Gasteiger partial charge in [0.25, 0.3) is 0 Å². The monoisotopic (exact) mass is 343 g/mol. The lowest BCUT2D eigenvalue weighted by Gasteiger charge is -2.17. The Labute approximate surface area is 150 Å². The van der Waals surface area contributed by atoms with Crippen LogP contribution in [-0.4, -0.2) is 41.5 Å². The third-order valence-electron chi connectivity index (χ3n) is 3.71. The molecule has 0 aliphatic carbocycles. The molecule has 0 aliphatic rings. The average Bonchev–Trinajstić information content (AvgIpc) is 3.16. The quantitative estimate of drug-likeness (QED) is 0.395. The maximum Gasteiger partial charge on any atom is 0.191 e. The molecule has 0 spiro atoms. The first-order valence-electron chi connectivity index (χ1n) is 9.03. The van der Waals surface area contributed by atoms with Gasteiger partial charge in [0.1, 0.15) is 11.9 Å². The van der Waals surface area contributed by atoms with Crippen LogP contribution >= 0.6 is 0 Å². The van der Waals surface area contributed by atoms with Crippen molar-refractivity contribution in [3.63, 3.8) is 0 Å². The van der Waals surface area contributed by atoms with Crippen LogP contribution in [0.3, 0.4) is 0 Å². The predicted octanol–water partition coefficient (Wildman–Crippen LogP) is 2.69. The predicted molar refractivity (Wildman–Crippen MR) is 102 cm³/mol. The van der Waals surface area contributed by atoms with Crippen molar-refractivity contribution in [3.8, 4) is 5.75 Å². The van der Waals surface area contributed by atoms with Crippen LogP contribution in [0, 0.1) is 0 Å². The van der Waals surface area contributed by atoms with Crippen molar-refractivity contribution in [2.75, 3.05) is 19.6 Å². The van der Waals surface area contributed by atoms with Gasteiger partial charge in [-0.25, -0.2) is 4.99 Å². The molecule has 2 aromatic rings. The number of hydrogen-bond acceptors (Lipinski definition) is 3. The van der Waals surface area contributed by atoms with E-state index in [9.17, 15) is 0 Å². The van der Waals surface area contributed by atoms with Gasteiger partial charge in [-0.05, 0) is 38.0 Å². The number of para-hydroxylation sites is 1. The zero-order chi connectivity index (χ0) is 17.7. The Morgan fingerprint density at radius 1 is 1.20 bits per heavy atom. The number of aryl methyl sites for hydroxylation is 1. The van der Waals surface area contributed by atoms with Gasteiger partial charge >= 0.3 is 0 Å². The number of rotatable bonds is 10. The van der Waals surface area contributed by atoms with Crippen LogP contribution in [0.15, 0.2) is 53.8 Å². The molecular weight excluding hydrogens is 314 g/mol. The second-order valence-corrected chi connectivity index (χ2v) is 5.73. The number of nitrogens with one attached hydrogen (secondary N) is 2. The Hall–Kier alpha value is -2.50. The molecule has 0 bridgehead atoms. The second kappa shape index (κ2) is 11.1. The number of nitrogens with zero attached hydrogens (tertiary/aromatic N) is 3. The number of hydrogen-bond donors (Lipinski definition) is 2. The van der Waals surface area contributed by atoms with Gasteiger partial charge in [-0.2, -0.15) is 5.10 Å². The summed E-state index contributed by atoms with van der Waals surface area (Å²) in [6.45, 7) is 7.39. The number of aliphatic imine (C=N–C) groups is 1. The van der Waals surface area contributed by atoms with E-state index in [-0.39, 0.29) is 6.10 Å². The second-order valence-electron chi connectivity index (χ2n) is 5.73. The lowest BCUT2D eigenvalue weighted by atomic mass is 10.2. The van der Waals surface area contributed by atoms with E-state index in [0.29, 0.717) is 6.54 Å². The smallest absolute Gasteiger partial charge is 0.191 e. The molecule has 0 aliphatic heterocycles. The summed E-state index contributed by atoms with van der Waals surface area (Å²) in [6.07, 6.45) is 5.76. The molecule has 0 saturated heterocycles. The van der Waals surface area contributed by atoms with Crippen molar-refractivity contribution >= 4 is 5.96 Å². The van der Waals surface area contributed by atoms with Gasteiger partial charge in [0.15, 0.2) is 5.96 Å². The molecule has 0 radical (unpaired) electrons. The molecule has 1 aromatic carbocycles. The number of benzene rings is 1. The van der Waals surface area contributed by atoms with Crippen molar-refractivity contribution in [1.29, 1.82) is 0 Å². The largest absolute Gasteiger partial charge is 0.489 e. The highest BCUT2D eigenvalue weighted by atomic mass is 16.5. The van der Waals surface area contributed by atoms with Crippen LogP contribution in [-0.2, 0) is 6.54 Å². The number of ether oxygens (including phenoxy) is 1. The summed E-state index contributed by atoms with van der Waals surface area (Å²) in [5.41, 5.74) is 0. The highest BCUT2D eigenvalue weighted by Crippen LogP contribution is 2.12. The Kier molecular flexibility index (Phi) is 8.38. The summed E-state index contributed by atoms with van der Waals surface area (Å²) in [4.78, 5) is 4.66. The van der Waals surface area contributed by atoms with E-state index < -0.39 is 0 Å². The summed E-state index contributed by atoms with van der Waals surface area (Å²) in [6, 6.07) is 11.8. The molecule has 136 valence electrons. The van der Waals surface area contributed by atoms with Crippen LogP contribution < -0.4 is 15.4 Å². The van der Waals surface area contributed by atoms with Crippen molar-refractivity contribution in [1.82, 2.24) is 20.4 Å². The van der Waals surface area contributed by atoms with Crippen molar-refractivity contribution in [2.24, 2.45) is 4.99 Å². The van der Waals surface area contributed by atoms with Crippen molar-refractivity contribution in [2.45, 2.75) is 39.3 Å². The summed E-state index contributed by atoms with van der Waals surface area (Å²) in [7, 11) is 0. The Morgan fingerprint density at radius 2 is 2.04 bits per heavy atom. The molecule has 1 heterocycles. The van der Waals surface area contributed by atoms with Crippen molar-refractivity contribution in [3.05, 3.63) is 48.8 Å². The van der Waals surface area contributed by atoms with Gasteiger partial charge in [-0.1, -0.05) is 25.1 Å². The standard InChI is InChI=1S/C19H29N5O/c1-3-17(25-18-10-6-5-7-11-18)16-22-19(20-4-2)21-12-8-14-24-15-9-13-23-24/h5-7,9-11,13,15,17H,3-4,8,12,14,16H2,1-2H3,(H2,20,21,22). The minimum absolute atomic E-state index is 0.0712. The van der Waals surface area contributed by atoms with E-state index in [1.165, 1.54) is 0 Å². The highest BCUT2D eigenvalue weighted by Gasteiger charge is 2.08. The fourth-order valence-electron chi connectivity index (χ4n) is 2.36. The topological polar surface area (TPSA) is 63.5 Å². The lowest BCUT2D eigenvalue weighted by molar-refractivity contribution is 0.205. The van der Waals surface area contributed by atoms with Gasteiger partial charge in [0.2, 0.25) is 0 Å². The molecule has 1 aromatic heterocycles. The lowest BCUT2D eigenvalue weighted by Crippen LogP contribution is -2.39. The van der Waals surface area contributed by atoms with Gasteiger partial charge in [-0.3, -0.25) is 4.68 Å². The summed E-state index contributed by atoms with van der Waals surface area (Å²) < 4.78 is 7.93. The van der Waals surface area contributed by atoms with E-state index in [1.807, 2.05) is 47.3 Å². The zero-order valence-corrected chi connectivity index (χ0v) is 15.2. The molecule has 2 rings (SSSR count). The summed E-state index contributed by atoms with van der Waals surface area (Å²) in [5, 5.41) is 10.9. The Bertz CT molecular complexity index is 598. The summed E-state index contributed by atoms with van der Waals surface area (Å²) in [5.74, 6) is 1.72. The fourth-order valence-corrected chi connectivity index (χ4v) is 2.36. The summed E-state index contributed by atoms with van der Waals surface area (Å²) >= 11 is 0. The molecule has 1 unspecified atom stereocenters. The molecule has 0 fully saturated rings. The van der Waals surface area contributed by atoms with Crippen LogP contribution in [0.25, 0.3) is 0 Å². The third-order valence-corrected chi connectivity index (χ3v) is 3.71. The molecule has 6 heteroatoms. The van der Waals surface area contributed by atoms with E-state index in [1.54, 1.807) is 6.20 Å². The Morgan fingerprint density at radius 3 is 2.72 bits per heavy atom. The first-order valence-corrected chi connectivity index (χ1v) is 9.03. The third kappa shape index (κ3) is 7.28. The average molecular weight is 343 g/mol. The minimum Gasteiger partial charge on any atom is -0.489 e. The Balaban J connectivity index is 1.78. The van der Waals surface area contributed by atoms with Gasteiger partial charge in [0, 0.05) is 32.0 Å². The fraction of sp³-hybridized carbons (Fsp3) is 0.474. The van der Waals surface area contributed by atoms with Gasteiger partial charge < -0.3 is 15.4 Å². The normalized spacial score (nSPS) is 12.6. The van der Waals surface area contributed by atoms with Crippen LogP contribution in [0.5, 0.6) is 5.75 Å². The number of aromatic nitrogens is 2. The molecule has 6 nitrogen and oxygen atoms in total. The van der Waals surface area contributed by atoms with Crippen LogP contribution in [0.4, 0.5) is 0 Å². The SMILES string of the molecule is CCNC(=NCC(CC)Oc1ccccc1)NCCCn1cccn1. The minimum atomic E-state index is 0.0712. The molecular formula is C19H29N5O. The molecule has 0 saturated carbocycles.